The molecule has 0 radical (unpaired) electrons. The Labute approximate surface area is 85.2 Å². The largest absolute Gasteiger partial charge is 0.294 e. The van der Waals surface area contributed by atoms with Crippen molar-refractivity contribution in [2.24, 2.45) is 11.8 Å². The van der Waals surface area contributed by atoms with E-state index in [4.69, 9.17) is 0 Å². The molecule has 0 spiro atoms. The fourth-order valence-electron chi connectivity index (χ4n) is 2.11. The quantitative estimate of drug-likeness (QED) is 0.534. The van der Waals surface area contributed by atoms with E-state index in [1.54, 1.807) is 0 Å². The van der Waals surface area contributed by atoms with Gasteiger partial charge in [0.1, 0.15) is 0 Å². The van der Waals surface area contributed by atoms with Crippen molar-refractivity contribution in [3.05, 3.63) is 35.5 Å². The zero-order valence-corrected chi connectivity index (χ0v) is 8.79. The van der Waals surface area contributed by atoms with Crippen molar-refractivity contribution in [1.82, 2.24) is 0 Å². The third kappa shape index (κ3) is 1.72. The maximum Gasteiger partial charge on any atom is 0.163 e. The highest BCUT2D eigenvalue weighted by Crippen LogP contribution is 2.31. The highest BCUT2D eigenvalue weighted by molar-refractivity contribution is 6.02. The normalized spacial score (nSPS) is 41.4. The fourth-order valence-corrected chi connectivity index (χ4v) is 2.11. The second-order valence-corrected chi connectivity index (χ2v) is 4.30. The van der Waals surface area contributed by atoms with Crippen LogP contribution in [0.1, 0.15) is 26.7 Å². The monoisotopic (exact) mass is 188 g/mol. The molecule has 74 valence electrons. The summed E-state index contributed by atoms with van der Waals surface area (Å²) in [7, 11) is 0. The Morgan fingerprint density at radius 2 is 1.71 bits per heavy atom. The molecule has 0 aromatic carbocycles. The van der Waals surface area contributed by atoms with Crippen LogP contribution in [0.25, 0.3) is 0 Å². The van der Waals surface area contributed by atoms with Crippen molar-refractivity contribution >= 4 is 5.78 Å². The van der Waals surface area contributed by atoms with Gasteiger partial charge in [-0.2, -0.15) is 0 Å². The first-order chi connectivity index (χ1) is 6.66. The lowest BCUT2D eigenvalue weighted by molar-refractivity contribution is -0.114. The number of carbonyl (C=O) groups excluding carboxylic acids is 1. The molecule has 0 aliphatic heterocycles. The summed E-state index contributed by atoms with van der Waals surface area (Å²) in [6.07, 6.45) is 10.4. The summed E-state index contributed by atoms with van der Waals surface area (Å²) in [5.41, 5.74) is 2.24. The molecule has 0 heterocycles. The standard InChI is InChI=1S/C13H16O/c1-9-3-4-10(2)8-12-11(7-9)5-6-13(12)14/h3-4,7-10H,5-6H2,1-2H3/b4-3-,11-7-,12-8+. The van der Waals surface area contributed by atoms with E-state index in [0.717, 1.165) is 12.0 Å². The molecule has 0 N–H and O–H groups in total. The number of rotatable bonds is 0. The molecule has 2 unspecified atom stereocenters. The molecule has 1 fully saturated rings. The van der Waals surface area contributed by atoms with Crippen LogP contribution in [0.3, 0.4) is 0 Å². The van der Waals surface area contributed by atoms with Crippen molar-refractivity contribution in [1.29, 1.82) is 0 Å². The van der Waals surface area contributed by atoms with E-state index in [-0.39, 0.29) is 0 Å². The Morgan fingerprint density at radius 3 is 2.43 bits per heavy atom. The Hall–Kier alpha value is -1.11. The Kier molecular flexibility index (Phi) is 2.40. The molecule has 2 rings (SSSR count). The third-order valence-corrected chi connectivity index (χ3v) is 2.88. The summed E-state index contributed by atoms with van der Waals surface area (Å²) in [4.78, 5) is 11.6. The van der Waals surface area contributed by atoms with Gasteiger partial charge in [0.2, 0.25) is 0 Å². The second-order valence-electron chi connectivity index (χ2n) is 4.30. The molecule has 1 saturated carbocycles. The van der Waals surface area contributed by atoms with Crippen molar-refractivity contribution in [3.63, 3.8) is 0 Å². The van der Waals surface area contributed by atoms with Gasteiger partial charge in [-0.15, -0.1) is 0 Å². The zero-order valence-electron chi connectivity index (χ0n) is 8.79. The average Bonchev–Trinajstić information content (AvgIpc) is 2.44. The first-order valence-electron chi connectivity index (χ1n) is 5.31. The van der Waals surface area contributed by atoms with E-state index in [0.29, 0.717) is 24.0 Å². The van der Waals surface area contributed by atoms with Crippen molar-refractivity contribution < 1.29 is 4.79 Å². The molecule has 0 saturated heterocycles. The molecule has 2 aliphatic carbocycles. The first kappa shape index (κ1) is 9.45. The molecule has 1 heteroatoms. The number of Topliss-reactive ketones (excluding diaryl/α,β-unsaturated/α-hetero) is 1. The van der Waals surface area contributed by atoms with E-state index in [1.807, 2.05) is 0 Å². The van der Waals surface area contributed by atoms with Crippen LogP contribution in [0.5, 0.6) is 0 Å². The fraction of sp³-hybridized carbons (Fsp3) is 0.462. The number of fused-ring (bicyclic) bond motifs is 1. The molecule has 1 nitrogen and oxygen atoms in total. The molecule has 14 heavy (non-hydrogen) atoms. The minimum Gasteiger partial charge on any atom is -0.294 e. The van der Waals surface area contributed by atoms with Crippen molar-refractivity contribution in [2.45, 2.75) is 26.7 Å². The molecule has 0 aromatic heterocycles. The SMILES string of the molecule is CC1/C=C\C(C)/C=C2/C(=O)CC/C2=C/1. The number of ketones is 1. The van der Waals surface area contributed by atoms with Gasteiger partial charge < -0.3 is 0 Å². The molecular formula is C13H16O. The predicted molar refractivity (Wildman–Crippen MR) is 57.9 cm³/mol. The minimum absolute atomic E-state index is 0.325. The number of hydrogen-bond acceptors (Lipinski definition) is 1. The van der Waals surface area contributed by atoms with Crippen LogP contribution in [-0.2, 0) is 4.79 Å². The smallest absolute Gasteiger partial charge is 0.163 e. The zero-order chi connectivity index (χ0) is 10.1. The van der Waals surface area contributed by atoms with Crippen LogP contribution in [0.15, 0.2) is 35.5 Å². The van der Waals surface area contributed by atoms with Crippen LogP contribution in [-0.4, -0.2) is 5.78 Å². The van der Waals surface area contributed by atoms with Gasteiger partial charge in [-0.1, -0.05) is 38.2 Å². The summed E-state index contributed by atoms with van der Waals surface area (Å²) in [5, 5.41) is 0. The van der Waals surface area contributed by atoms with Gasteiger partial charge in [-0.05, 0) is 23.8 Å². The van der Waals surface area contributed by atoms with E-state index >= 15 is 0 Å². The number of allylic oxidation sites excluding steroid dienone is 6. The van der Waals surface area contributed by atoms with Gasteiger partial charge in [0.25, 0.3) is 0 Å². The van der Waals surface area contributed by atoms with Crippen LogP contribution < -0.4 is 0 Å². The number of carbonyl (C=O) groups is 1. The highest BCUT2D eigenvalue weighted by atomic mass is 16.1. The molecule has 0 amide bonds. The predicted octanol–water partition coefficient (Wildman–Crippen LogP) is 3.04. The average molecular weight is 188 g/mol. The lowest BCUT2D eigenvalue weighted by Crippen LogP contribution is -2.00. The third-order valence-electron chi connectivity index (χ3n) is 2.88. The topological polar surface area (TPSA) is 17.1 Å². The Morgan fingerprint density at radius 1 is 1.07 bits per heavy atom. The molecule has 2 atom stereocenters. The van der Waals surface area contributed by atoms with Crippen LogP contribution >= 0.6 is 0 Å². The number of hydrogen-bond donors (Lipinski definition) is 0. The van der Waals surface area contributed by atoms with Gasteiger partial charge in [0.05, 0.1) is 0 Å². The summed E-state index contributed by atoms with van der Waals surface area (Å²) in [6, 6.07) is 0. The second kappa shape index (κ2) is 3.56. The van der Waals surface area contributed by atoms with Gasteiger partial charge in [-0.25, -0.2) is 0 Å². The molecule has 0 aromatic rings. The van der Waals surface area contributed by atoms with E-state index in [1.165, 1.54) is 5.57 Å². The van der Waals surface area contributed by atoms with Gasteiger partial charge in [0.15, 0.2) is 5.78 Å². The summed E-state index contributed by atoms with van der Waals surface area (Å²) in [6.45, 7) is 4.30. The van der Waals surface area contributed by atoms with Crippen LogP contribution in [0, 0.1) is 11.8 Å². The van der Waals surface area contributed by atoms with Crippen LogP contribution in [0.4, 0.5) is 0 Å². The van der Waals surface area contributed by atoms with Crippen molar-refractivity contribution in [3.8, 4) is 0 Å². The lowest BCUT2D eigenvalue weighted by Gasteiger charge is -2.10. The maximum atomic E-state index is 11.6. The Bertz CT molecular complexity index is 344. The van der Waals surface area contributed by atoms with Gasteiger partial charge in [-0.3, -0.25) is 4.79 Å². The lowest BCUT2D eigenvalue weighted by atomic mass is 9.95. The summed E-state index contributed by atoms with van der Waals surface area (Å²) >= 11 is 0. The van der Waals surface area contributed by atoms with E-state index in [2.05, 4.69) is 38.2 Å². The first-order valence-corrected chi connectivity index (χ1v) is 5.31. The molecular weight excluding hydrogens is 172 g/mol. The minimum atomic E-state index is 0.325. The summed E-state index contributed by atoms with van der Waals surface area (Å²) < 4.78 is 0. The highest BCUT2D eigenvalue weighted by Gasteiger charge is 2.23. The van der Waals surface area contributed by atoms with Gasteiger partial charge >= 0.3 is 0 Å². The van der Waals surface area contributed by atoms with E-state index < -0.39 is 0 Å². The molecule has 0 bridgehead atoms. The van der Waals surface area contributed by atoms with Crippen molar-refractivity contribution in [2.75, 3.05) is 0 Å². The molecule has 2 aliphatic rings. The Balaban J connectivity index is 2.43. The van der Waals surface area contributed by atoms with Gasteiger partial charge in [0, 0.05) is 12.0 Å². The van der Waals surface area contributed by atoms with E-state index in [9.17, 15) is 4.79 Å². The maximum absolute atomic E-state index is 11.6. The van der Waals surface area contributed by atoms with Crippen LogP contribution in [0.2, 0.25) is 0 Å². The summed E-state index contributed by atoms with van der Waals surface area (Å²) in [5.74, 6) is 1.17.